The van der Waals surface area contributed by atoms with Gasteiger partial charge < -0.3 is 9.84 Å². The average Bonchev–Trinajstić information content (AvgIpc) is 2.46. The van der Waals surface area contributed by atoms with Crippen LogP contribution in [0.1, 0.15) is 31.2 Å². The Bertz CT molecular complexity index is 546. The van der Waals surface area contributed by atoms with Gasteiger partial charge in [-0.15, -0.1) is 0 Å². The summed E-state index contributed by atoms with van der Waals surface area (Å²) in [7, 11) is 0. The molecule has 0 aliphatic carbocycles. The second kappa shape index (κ2) is 6.75. The molecular formula is C17H18O3. The fraction of sp³-hybridized carbons (Fsp3) is 0.235. The van der Waals surface area contributed by atoms with Gasteiger partial charge in [0.2, 0.25) is 0 Å². The van der Waals surface area contributed by atoms with Crippen LogP contribution in [0.2, 0.25) is 0 Å². The van der Waals surface area contributed by atoms with E-state index in [2.05, 4.69) is 0 Å². The SMILES string of the molecule is CCC(CC(=O)O)c1ccc(Oc2ccccc2)cc1. The zero-order valence-electron chi connectivity index (χ0n) is 11.5. The zero-order chi connectivity index (χ0) is 14.4. The molecule has 0 saturated carbocycles. The highest BCUT2D eigenvalue weighted by Crippen LogP contribution is 2.27. The van der Waals surface area contributed by atoms with Crippen molar-refractivity contribution in [1.29, 1.82) is 0 Å². The van der Waals surface area contributed by atoms with E-state index < -0.39 is 5.97 Å². The maximum atomic E-state index is 10.8. The van der Waals surface area contributed by atoms with Crippen LogP contribution in [-0.4, -0.2) is 11.1 Å². The fourth-order valence-electron chi connectivity index (χ4n) is 2.14. The van der Waals surface area contributed by atoms with Crippen molar-refractivity contribution in [3.05, 3.63) is 60.2 Å². The molecule has 3 heteroatoms. The minimum atomic E-state index is -0.763. The van der Waals surface area contributed by atoms with Gasteiger partial charge in [0.25, 0.3) is 0 Å². The summed E-state index contributed by atoms with van der Waals surface area (Å²) in [5, 5.41) is 8.90. The third-order valence-corrected chi connectivity index (χ3v) is 3.24. The van der Waals surface area contributed by atoms with Crippen LogP contribution in [0, 0.1) is 0 Å². The first kappa shape index (κ1) is 14.1. The highest BCUT2D eigenvalue weighted by Gasteiger charge is 2.13. The van der Waals surface area contributed by atoms with E-state index in [-0.39, 0.29) is 12.3 Å². The smallest absolute Gasteiger partial charge is 0.303 e. The fourth-order valence-corrected chi connectivity index (χ4v) is 2.14. The third-order valence-electron chi connectivity index (χ3n) is 3.24. The summed E-state index contributed by atoms with van der Waals surface area (Å²) in [5.41, 5.74) is 1.04. The van der Waals surface area contributed by atoms with Crippen molar-refractivity contribution in [2.24, 2.45) is 0 Å². The predicted octanol–water partition coefficient (Wildman–Crippen LogP) is 4.45. The van der Waals surface area contributed by atoms with Crippen LogP contribution < -0.4 is 4.74 Å². The molecule has 0 aliphatic rings. The van der Waals surface area contributed by atoms with E-state index in [1.807, 2.05) is 61.5 Å². The lowest BCUT2D eigenvalue weighted by Crippen LogP contribution is -2.05. The zero-order valence-corrected chi connectivity index (χ0v) is 11.5. The maximum absolute atomic E-state index is 10.8. The molecule has 1 unspecified atom stereocenters. The summed E-state index contributed by atoms with van der Waals surface area (Å²) in [5.74, 6) is 0.836. The molecule has 3 nitrogen and oxygen atoms in total. The molecular weight excluding hydrogens is 252 g/mol. The van der Waals surface area contributed by atoms with E-state index in [9.17, 15) is 4.79 Å². The molecule has 2 aromatic carbocycles. The van der Waals surface area contributed by atoms with E-state index in [1.165, 1.54) is 0 Å². The molecule has 1 N–H and O–H groups in total. The monoisotopic (exact) mass is 270 g/mol. The van der Waals surface area contributed by atoms with E-state index in [0.717, 1.165) is 23.5 Å². The Morgan fingerprint density at radius 2 is 1.65 bits per heavy atom. The Labute approximate surface area is 118 Å². The predicted molar refractivity (Wildman–Crippen MR) is 78.2 cm³/mol. The lowest BCUT2D eigenvalue weighted by atomic mass is 9.93. The maximum Gasteiger partial charge on any atom is 0.303 e. The lowest BCUT2D eigenvalue weighted by molar-refractivity contribution is -0.137. The van der Waals surface area contributed by atoms with Crippen LogP contribution in [0.25, 0.3) is 0 Å². The van der Waals surface area contributed by atoms with Crippen molar-refractivity contribution in [1.82, 2.24) is 0 Å². The number of carboxylic acid groups (broad SMARTS) is 1. The van der Waals surface area contributed by atoms with Crippen molar-refractivity contribution in [3.8, 4) is 11.5 Å². The number of carboxylic acids is 1. The minimum absolute atomic E-state index is 0.0540. The van der Waals surface area contributed by atoms with Crippen LogP contribution in [0.4, 0.5) is 0 Å². The van der Waals surface area contributed by atoms with Crippen molar-refractivity contribution in [3.63, 3.8) is 0 Å². The Hall–Kier alpha value is -2.29. The topological polar surface area (TPSA) is 46.5 Å². The number of rotatable bonds is 6. The number of hydrogen-bond donors (Lipinski definition) is 1. The van der Waals surface area contributed by atoms with Crippen molar-refractivity contribution >= 4 is 5.97 Å². The Morgan fingerprint density at radius 1 is 1.05 bits per heavy atom. The molecule has 0 amide bonds. The molecule has 0 saturated heterocycles. The average molecular weight is 270 g/mol. The van der Waals surface area contributed by atoms with Gasteiger partial charge in [-0.25, -0.2) is 0 Å². The molecule has 0 fully saturated rings. The van der Waals surface area contributed by atoms with Crippen molar-refractivity contribution < 1.29 is 14.6 Å². The summed E-state index contributed by atoms with van der Waals surface area (Å²) < 4.78 is 5.71. The largest absolute Gasteiger partial charge is 0.481 e. The molecule has 0 radical (unpaired) electrons. The second-order valence-corrected chi connectivity index (χ2v) is 4.69. The first-order valence-corrected chi connectivity index (χ1v) is 6.73. The molecule has 0 aromatic heterocycles. The molecule has 1 atom stereocenters. The van der Waals surface area contributed by atoms with E-state index >= 15 is 0 Å². The molecule has 104 valence electrons. The number of aliphatic carboxylic acids is 1. The van der Waals surface area contributed by atoms with Gasteiger partial charge in [0.15, 0.2) is 0 Å². The number of hydrogen-bond acceptors (Lipinski definition) is 2. The number of carbonyl (C=O) groups is 1. The number of benzene rings is 2. The summed E-state index contributed by atoms with van der Waals surface area (Å²) in [6.07, 6.45) is 0.973. The van der Waals surface area contributed by atoms with Gasteiger partial charge in [-0.2, -0.15) is 0 Å². The van der Waals surface area contributed by atoms with E-state index in [4.69, 9.17) is 9.84 Å². The summed E-state index contributed by atoms with van der Waals surface area (Å²) in [4.78, 5) is 10.8. The van der Waals surface area contributed by atoms with Crippen LogP contribution in [0.3, 0.4) is 0 Å². The van der Waals surface area contributed by atoms with E-state index in [0.29, 0.717) is 0 Å². The molecule has 0 spiro atoms. The Balaban J connectivity index is 2.07. The normalized spacial score (nSPS) is 11.8. The first-order chi connectivity index (χ1) is 9.69. The number of ether oxygens (including phenoxy) is 1. The summed E-state index contributed by atoms with van der Waals surface area (Å²) in [6, 6.07) is 17.2. The summed E-state index contributed by atoms with van der Waals surface area (Å²) >= 11 is 0. The number of para-hydroxylation sites is 1. The highest BCUT2D eigenvalue weighted by atomic mass is 16.5. The van der Waals surface area contributed by atoms with Gasteiger partial charge in [0.1, 0.15) is 11.5 Å². The third kappa shape index (κ3) is 3.85. The Morgan fingerprint density at radius 3 is 2.20 bits per heavy atom. The molecule has 2 aromatic rings. The molecule has 0 bridgehead atoms. The molecule has 2 rings (SSSR count). The van der Waals surface area contributed by atoms with Crippen molar-refractivity contribution in [2.75, 3.05) is 0 Å². The van der Waals surface area contributed by atoms with Gasteiger partial charge in [0.05, 0.1) is 6.42 Å². The Kier molecular flexibility index (Phi) is 4.77. The molecule has 0 heterocycles. The highest BCUT2D eigenvalue weighted by molar-refractivity contribution is 5.68. The molecule has 20 heavy (non-hydrogen) atoms. The first-order valence-electron chi connectivity index (χ1n) is 6.73. The van der Waals surface area contributed by atoms with Gasteiger partial charge in [-0.3, -0.25) is 4.79 Å². The van der Waals surface area contributed by atoms with Crippen LogP contribution in [0.15, 0.2) is 54.6 Å². The van der Waals surface area contributed by atoms with Crippen molar-refractivity contribution in [2.45, 2.75) is 25.7 Å². The second-order valence-electron chi connectivity index (χ2n) is 4.69. The van der Waals surface area contributed by atoms with Crippen LogP contribution in [0.5, 0.6) is 11.5 Å². The standard InChI is InChI=1S/C17H18O3/c1-2-13(12-17(18)19)14-8-10-16(11-9-14)20-15-6-4-3-5-7-15/h3-11,13H,2,12H2,1H3,(H,18,19). The lowest BCUT2D eigenvalue weighted by Gasteiger charge is -2.13. The van der Waals surface area contributed by atoms with Gasteiger partial charge in [0, 0.05) is 0 Å². The minimum Gasteiger partial charge on any atom is -0.481 e. The van der Waals surface area contributed by atoms with Gasteiger partial charge in [-0.05, 0) is 42.2 Å². The van der Waals surface area contributed by atoms with Gasteiger partial charge in [-0.1, -0.05) is 37.3 Å². The van der Waals surface area contributed by atoms with Gasteiger partial charge >= 0.3 is 5.97 Å². The van der Waals surface area contributed by atoms with Crippen LogP contribution in [-0.2, 0) is 4.79 Å². The summed E-state index contributed by atoms with van der Waals surface area (Å²) in [6.45, 7) is 2.00. The molecule has 0 aliphatic heterocycles. The van der Waals surface area contributed by atoms with Crippen LogP contribution >= 0.6 is 0 Å². The quantitative estimate of drug-likeness (QED) is 0.843. The van der Waals surface area contributed by atoms with E-state index in [1.54, 1.807) is 0 Å².